The van der Waals surface area contributed by atoms with Crippen LogP contribution in [0.15, 0.2) is 78.0 Å². The first kappa shape index (κ1) is 34.0. The van der Waals surface area contributed by atoms with Crippen molar-refractivity contribution >= 4 is 28.6 Å². The molecule has 4 aromatic rings. The van der Waals surface area contributed by atoms with Gasteiger partial charge in [-0.15, -0.1) is 18.3 Å². The third-order valence-electron chi connectivity index (χ3n) is 7.85. The molecule has 8 nitrogen and oxygen atoms in total. The lowest BCUT2D eigenvalue weighted by Crippen LogP contribution is -2.43. The predicted molar refractivity (Wildman–Crippen MR) is 177 cm³/mol. The fraction of sp³-hybridized carbons (Fsp3) is 0.353. The predicted octanol–water partition coefficient (Wildman–Crippen LogP) is 8.76. The molecule has 0 radical (unpaired) electrons. The highest BCUT2D eigenvalue weighted by Gasteiger charge is 2.31. The third-order valence-corrected chi connectivity index (χ3v) is 8.84. The van der Waals surface area contributed by atoms with Gasteiger partial charge in [0.05, 0.1) is 11.7 Å². The van der Waals surface area contributed by atoms with Crippen LogP contribution in [0.1, 0.15) is 62.9 Å². The maximum Gasteiger partial charge on any atom is 0.573 e. The van der Waals surface area contributed by atoms with E-state index in [1.807, 2.05) is 6.07 Å². The van der Waals surface area contributed by atoms with E-state index < -0.39 is 24.6 Å². The first-order chi connectivity index (χ1) is 22.3. The number of alkyl halides is 4. The number of nitrogens with one attached hydrogen (secondary N) is 1. The number of urea groups is 1. The van der Waals surface area contributed by atoms with Crippen molar-refractivity contribution in [3.05, 3.63) is 89.7 Å². The standard InChI is InChI=1S/C34H36F4N6O2S/c1-20(2)29-21(3)7-6-8-28(29)44-22(4)17-18-47-33(44)41-32(45)40-23(5)30(35)24-9-11-25(12-10-24)31-39-19-43(42-31)26-13-15-27(16-14-26)46-34(36,37)38/h6-16,19-20,22-23,30H,17-18H2,1-5H3,(H,40,45)/b41-33-. The summed E-state index contributed by atoms with van der Waals surface area (Å²) in [6, 6.07) is 16.6. The van der Waals surface area contributed by atoms with Crippen LogP contribution in [0.5, 0.6) is 5.75 Å². The molecule has 3 unspecified atom stereocenters. The molecule has 0 saturated carbocycles. The van der Waals surface area contributed by atoms with E-state index in [0.29, 0.717) is 27.8 Å². The molecule has 1 aliphatic rings. The number of aliphatic imine (C=N–C) groups is 1. The Morgan fingerprint density at radius 2 is 1.77 bits per heavy atom. The molecule has 0 aliphatic carbocycles. The van der Waals surface area contributed by atoms with Crippen LogP contribution < -0.4 is 15.0 Å². The minimum atomic E-state index is -4.78. The fourth-order valence-electron chi connectivity index (χ4n) is 5.57. The van der Waals surface area contributed by atoms with Gasteiger partial charge < -0.3 is 15.0 Å². The molecule has 1 aliphatic heterocycles. The molecule has 2 amide bonds. The van der Waals surface area contributed by atoms with Gasteiger partial charge in [-0.1, -0.05) is 62.0 Å². The van der Waals surface area contributed by atoms with Crippen molar-refractivity contribution in [2.45, 2.75) is 71.6 Å². The molecular weight excluding hydrogens is 632 g/mol. The van der Waals surface area contributed by atoms with Crippen molar-refractivity contribution in [1.82, 2.24) is 20.1 Å². The highest BCUT2D eigenvalue weighted by molar-refractivity contribution is 8.14. The number of anilines is 1. The summed E-state index contributed by atoms with van der Waals surface area (Å²) in [4.78, 5) is 23.9. The number of aryl methyl sites for hydroxylation is 1. The summed E-state index contributed by atoms with van der Waals surface area (Å²) in [5, 5.41) is 7.68. The van der Waals surface area contributed by atoms with E-state index in [4.69, 9.17) is 0 Å². The number of hydrogen-bond donors (Lipinski definition) is 1. The Balaban J connectivity index is 1.25. The number of nitrogens with zero attached hydrogens (tertiary/aromatic N) is 5. The lowest BCUT2D eigenvalue weighted by Gasteiger charge is -2.37. The first-order valence-electron chi connectivity index (χ1n) is 15.2. The van der Waals surface area contributed by atoms with Gasteiger partial charge in [0.25, 0.3) is 0 Å². The smallest absolute Gasteiger partial charge is 0.406 e. The molecular formula is C34H36F4N6O2S. The van der Waals surface area contributed by atoms with Crippen molar-refractivity contribution in [2.75, 3.05) is 10.7 Å². The van der Waals surface area contributed by atoms with E-state index in [9.17, 15) is 18.0 Å². The monoisotopic (exact) mass is 668 g/mol. The topological polar surface area (TPSA) is 84.6 Å². The molecule has 2 heterocycles. The van der Waals surface area contributed by atoms with E-state index in [1.165, 1.54) is 58.2 Å². The highest BCUT2D eigenvalue weighted by Crippen LogP contribution is 2.36. The molecule has 1 aromatic heterocycles. The molecule has 3 aromatic carbocycles. The average Bonchev–Trinajstić information content (AvgIpc) is 3.50. The molecule has 0 bridgehead atoms. The van der Waals surface area contributed by atoms with E-state index in [0.717, 1.165) is 17.9 Å². The summed E-state index contributed by atoms with van der Waals surface area (Å²) >= 11 is 1.52. The van der Waals surface area contributed by atoms with Crippen LogP contribution in [0.3, 0.4) is 0 Å². The van der Waals surface area contributed by atoms with Gasteiger partial charge >= 0.3 is 12.4 Å². The second kappa shape index (κ2) is 14.2. The molecule has 5 rings (SSSR count). The van der Waals surface area contributed by atoms with Crippen LogP contribution in [-0.2, 0) is 0 Å². The van der Waals surface area contributed by atoms with Crippen molar-refractivity contribution < 1.29 is 27.1 Å². The molecule has 1 fully saturated rings. The minimum Gasteiger partial charge on any atom is -0.406 e. The van der Waals surface area contributed by atoms with E-state index in [1.54, 1.807) is 31.2 Å². The normalized spacial score (nSPS) is 17.5. The maximum absolute atomic E-state index is 15.6. The second-order valence-corrected chi connectivity index (χ2v) is 12.8. The number of amides is 2. The van der Waals surface area contributed by atoms with Gasteiger partial charge in [0.1, 0.15) is 18.2 Å². The van der Waals surface area contributed by atoms with E-state index in [-0.39, 0.29) is 17.7 Å². The zero-order valence-electron chi connectivity index (χ0n) is 26.6. The zero-order chi connectivity index (χ0) is 33.9. The number of aromatic nitrogens is 3. The van der Waals surface area contributed by atoms with Crippen molar-refractivity contribution in [1.29, 1.82) is 0 Å². The Kier molecular flexibility index (Phi) is 10.2. The van der Waals surface area contributed by atoms with Gasteiger partial charge in [-0.05, 0) is 80.1 Å². The number of carbonyl (C=O) groups excluding carboxylic acids is 1. The Morgan fingerprint density at radius 3 is 2.43 bits per heavy atom. The van der Waals surface area contributed by atoms with Crippen LogP contribution in [0.2, 0.25) is 0 Å². The van der Waals surface area contributed by atoms with Gasteiger partial charge in [0.2, 0.25) is 0 Å². The lowest BCUT2D eigenvalue weighted by molar-refractivity contribution is -0.274. The Bertz CT molecular complexity index is 1720. The Labute approximate surface area is 275 Å². The second-order valence-electron chi connectivity index (χ2n) is 11.7. The van der Waals surface area contributed by atoms with Crippen molar-refractivity contribution in [2.24, 2.45) is 4.99 Å². The molecule has 0 spiro atoms. The first-order valence-corrected chi connectivity index (χ1v) is 16.2. The summed E-state index contributed by atoms with van der Waals surface area (Å²) in [5.41, 5.74) is 4.89. The number of carbonyl (C=O) groups is 1. The quantitative estimate of drug-likeness (QED) is 0.189. The number of hydrogen-bond acceptors (Lipinski definition) is 5. The minimum absolute atomic E-state index is 0.145. The van der Waals surface area contributed by atoms with Gasteiger partial charge in [0.15, 0.2) is 11.0 Å². The van der Waals surface area contributed by atoms with Gasteiger partial charge in [0, 0.05) is 23.0 Å². The summed E-state index contributed by atoms with van der Waals surface area (Å²) < 4.78 is 58.2. The maximum atomic E-state index is 15.6. The van der Waals surface area contributed by atoms with Crippen LogP contribution in [0, 0.1) is 6.92 Å². The summed E-state index contributed by atoms with van der Waals surface area (Å²) in [6.45, 7) is 10.1. The molecule has 1 N–H and O–H groups in total. The van der Waals surface area contributed by atoms with Gasteiger partial charge in [-0.2, -0.15) is 4.99 Å². The number of ether oxygens (including phenoxy) is 1. The molecule has 248 valence electrons. The third kappa shape index (κ3) is 8.13. The Morgan fingerprint density at radius 1 is 1.06 bits per heavy atom. The molecule has 1 saturated heterocycles. The highest BCUT2D eigenvalue weighted by atomic mass is 32.2. The molecule has 3 atom stereocenters. The SMILES string of the molecule is Cc1cccc(N2/C(=N/C(=O)NC(C)C(F)c3ccc(-c4ncn(-c5ccc(OC(F)(F)F)cc5)n4)cc3)SCCC2C)c1C(C)C. The number of thioether (sulfide) groups is 1. The number of amidine groups is 1. The largest absolute Gasteiger partial charge is 0.573 e. The summed E-state index contributed by atoms with van der Waals surface area (Å²) in [5.74, 6) is 1.12. The Hall–Kier alpha value is -4.39. The fourth-order valence-corrected chi connectivity index (χ4v) is 6.78. The molecule has 13 heteroatoms. The van der Waals surface area contributed by atoms with Crippen LogP contribution in [0.4, 0.5) is 28.0 Å². The van der Waals surface area contributed by atoms with E-state index >= 15 is 4.39 Å². The van der Waals surface area contributed by atoms with Crippen LogP contribution in [0.25, 0.3) is 17.1 Å². The van der Waals surface area contributed by atoms with Gasteiger partial charge in [-0.25, -0.2) is 18.9 Å². The number of rotatable bonds is 8. The van der Waals surface area contributed by atoms with Crippen LogP contribution >= 0.6 is 11.8 Å². The number of halogens is 4. The van der Waals surface area contributed by atoms with Gasteiger partial charge in [-0.3, -0.25) is 0 Å². The summed E-state index contributed by atoms with van der Waals surface area (Å²) in [6.07, 6.45) is -3.91. The van der Waals surface area contributed by atoms with E-state index in [2.05, 4.69) is 69.9 Å². The lowest BCUT2D eigenvalue weighted by atomic mass is 9.95. The zero-order valence-corrected chi connectivity index (χ0v) is 27.4. The van der Waals surface area contributed by atoms with Crippen LogP contribution in [-0.4, -0.2) is 50.2 Å². The van der Waals surface area contributed by atoms with Crippen molar-refractivity contribution in [3.63, 3.8) is 0 Å². The van der Waals surface area contributed by atoms with Crippen molar-refractivity contribution in [3.8, 4) is 22.8 Å². The molecule has 47 heavy (non-hydrogen) atoms. The number of benzene rings is 3. The summed E-state index contributed by atoms with van der Waals surface area (Å²) in [7, 11) is 0. The average molecular weight is 669 g/mol.